The Kier molecular flexibility index (Phi) is 5.27. The smallest absolute Gasteiger partial charge is 0.238 e. The van der Waals surface area contributed by atoms with Crippen LogP contribution in [0.5, 0.6) is 0 Å². The quantitative estimate of drug-likeness (QED) is 0.853. The molecule has 1 amide bonds. The van der Waals surface area contributed by atoms with E-state index < -0.39 is 0 Å². The molecule has 0 bridgehead atoms. The Morgan fingerprint density at radius 2 is 2.12 bits per heavy atom. The van der Waals surface area contributed by atoms with Gasteiger partial charge in [-0.3, -0.25) is 4.79 Å². The molecule has 24 heavy (non-hydrogen) atoms. The highest BCUT2D eigenvalue weighted by molar-refractivity contribution is 5.93. The van der Waals surface area contributed by atoms with E-state index in [9.17, 15) is 4.79 Å². The van der Waals surface area contributed by atoms with E-state index in [-0.39, 0.29) is 18.6 Å². The predicted octanol–water partition coefficient (Wildman–Crippen LogP) is 2.20. The van der Waals surface area contributed by atoms with E-state index >= 15 is 0 Å². The van der Waals surface area contributed by atoms with E-state index in [1.807, 2.05) is 48.9 Å². The number of para-hydroxylation sites is 1. The fourth-order valence-electron chi connectivity index (χ4n) is 2.98. The number of anilines is 1. The predicted molar refractivity (Wildman–Crippen MR) is 93.5 cm³/mol. The van der Waals surface area contributed by atoms with Gasteiger partial charge in [0.25, 0.3) is 0 Å². The Morgan fingerprint density at radius 3 is 2.83 bits per heavy atom. The number of ether oxygens (including phenoxy) is 1. The summed E-state index contributed by atoms with van der Waals surface area (Å²) in [5, 5.41) is 10.7. The minimum Gasteiger partial charge on any atom is -0.377 e. The number of hydrogen-bond acceptors (Lipinski definition) is 4. The van der Waals surface area contributed by atoms with Crippen molar-refractivity contribution in [3.63, 3.8) is 0 Å². The first kappa shape index (κ1) is 16.7. The first-order valence-electron chi connectivity index (χ1n) is 8.39. The number of carbonyl (C=O) groups excluding carboxylic acids is 1. The van der Waals surface area contributed by atoms with Gasteiger partial charge in [-0.2, -0.15) is 5.10 Å². The third-order valence-electron chi connectivity index (χ3n) is 4.24. The summed E-state index contributed by atoms with van der Waals surface area (Å²) < 4.78 is 7.39. The highest BCUT2D eigenvalue weighted by atomic mass is 16.5. The first-order chi connectivity index (χ1) is 11.6. The molecule has 1 unspecified atom stereocenters. The number of nitrogens with zero attached hydrogens (tertiary/aromatic N) is 2. The van der Waals surface area contributed by atoms with Crippen LogP contribution < -0.4 is 10.6 Å². The van der Waals surface area contributed by atoms with E-state index in [2.05, 4.69) is 15.7 Å². The van der Waals surface area contributed by atoms with Crippen LogP contribution in [0.3, 0.4) is 0 Å². The minimum atomic E-state index is -0.0631. The Morgan fingerprint density at radius 1 is 1.33 bits per heavy atom. The minimum absolute atomic E-state index is 0.0631. The summed E-state index contributed by atoms with van der Waals surface area (Å²) >= 11 is 0. The lowest BCUT2D eigenvalue weighted by Crippen LogP contribution is -2.33. The number of amides is 1. The van der Waals surface area contributed by atoms with E-state index in [1.165, 1.54) is 0 Å². The van der Waals surface area contributed by atoms with Crippen LogP contribution in [0.1, 0.15) is 24.2 Å². The van der Waals surface area contributed by atoms with Crippen molar-refractivity contribution in [1.29, 1.82) is 0 Å². The monoisotopic (exact) mass is 328 g/mol. The van der Waals surface area contributed by atoms with Crippen molar-refractivity contribution >= 4 is 11.6 Å². The second-order valence-electron chi connectivity index (χ2n) is 6.11. The molecule has 2 aromatic rings. The van der Waals surface area contributed by atoms with E-state index in [0.29, 0.717) is 6.54 Å². The van der Waals surface area contributed by atoms with Gasteiger partial charge < -0.3 is 15.4 Å². The van der Waals surface area contributed by atoms with Crippen molar-refractivity contribution in [3.05, 3.63) is 41.7 Å². The molecule has 1 atom stereocenters. The number of rotatable bonds is 6. The zero-order valence-corrected chi connectivity index (χ0v) is 14.2. The molecule has 2 heterocycles. The third-order valence-corrected chi connectivity index (χ3v) is 4.24. The molecule has 0 saturated carbocycles. The average Bonchev–Trinajstić information content (AvgIpc) is 3.19. The van der Waals surface area contributed by atoms with E-state index in [0.717, 1.165) is 42.2 Å². The van der Waals surface area contributed by atoms with Gasteiger partial charge in [-0.25, -0.2) is 4.68 Å². The molecule has 1 aliphatic heterocycles. The van der Waals surface area contributed by atoms with Crippen LogP contribution in [0.15, 0.2) is 30.3 Å². The van der Waals surface area contributed by atoms with Crippen LogP contribution in [0, 0.1) is 13.8 Å². The topological polar surface area (TPSA) is 68.2 Å². The van der Waals surface area contributed by atoms with Crippen LogP contribution in [0.25, 0.3) is 5.69 Å². The average molecular weight is 328 g/mol. The highest BCUT2D eigenvalue weighted by Crippen LogP contribution is 2.22. The zero-order valence-electron chi connectivity index (χ0n) is 14.2. The van der Waals surface area contributed by atoms with Gasteiger partial charge in [-0.05, 0) is 38.8 Å². The molecule has 0 aliphatic carbocycles. The molecule has 1 aromatic carbocycles. The second-order valence-corrected chi connectivity index (χ2v) is 6.11. The van der Waals surface area contributed by atoms with E-state index in [1.54, 1.807) is 0 Å². The summed E-state index contributed by atoms with van der Waals surface area (Å²) in [7, 11) is 0. The maximum Gasteiger partial charge on any atom is 0.238 e. The number of aromatic nitrogens is 2. The summed E-state index contributed by atoms with van der Waals surface area (Å²) in [5.74, 6) is -0.0631. The van der Waals surface area contributed by atoms with E-state index in [4.69, 9.17) is 4.74 Å². The lowest BCUT2D eigenvalue weighted by Gasteiger charge is -2.11. The van der Waals surface area contributed by atoms with Gasteiger partial charge in [-0.15, -0.1) is 0 Å². The SMILES string of the molecule is Cc1nn(-c2ccccc2)c(C)c1NC(=O)CNCC1CCCO1. The summed E-state index contributed by atoms with van der Waals surface area (Å²) in [6.07, 6.45) is 2.41. The maximum atomic E-state index is 12.2. The molecular weight excluding hydrogens is 304 g/mol. The molecule has 0 radical (unpaired) electrons. The Balaban J connectivity index is 1.60. The largest absolute Gasteiger partial charge is 0.377 e. The van der Waals surface area contributed by atoms with Gasteiger partial charge in [0.15, 0.2) is 0 Å². The van der Waals surface area contributed by atoms with Crippen molar-refractivity contribution in [3.8, 4) is 5.69 Å². The van der Waals surface area contributed by atoms with Crippen LogP contribution >= 0.6 is 0 Å². The van der Waals surface area contributed by atoms with Crippen LogP contribution in [0.4, 0.5) is 5.69 Å². The lowest BCUT2D eigenvalue weighted by atomic mass is 10.2. The number of nitrogens with one attached hydrogen (secondary N) is 2. The molecule has 128 valence electrons. The van der Waals surface area contributed by atoms with Gasteiger partial charge in [0.1, 0.15) is 0 Å². The maximum absolute atomic E-state index is 12.2. The Bertz CT molecular complexity index is 691. The van der Waals surface area contributed by atoms with Crippen molar-refractivity contribution in [2.75, 3.05) is 25.0 Å². The number of benzene rings is 1. The van der Waals surface area contributed by atoms with Crippen LogP contribution in [-0.2, 0) is 9.53 Å². The van der Waals surface area contributed by atoms with Crippen molar-refractivity contribution in [1.82, 2.24) is 15.1 Å². The summed E-state index contributed by atoms with van der Waals surface area (Å²) in [6.45, 7) is 5.68. The van der Waals surface area contributed by atoms with Crippen molar-refractivity contribution in [2.45, 2.75) is 32.8 Å². The fraction of sp³-hybridized carbons (Fsp3) is 0.444. The summed E-state index contributed by atoms with van der Waals surface area (Å²) in [4.78, 5) is 12.2. The lowest BCUT2D eigenvalue weighted by molar-refractivity contribution is -0.115. The number of carbonyl (C=O) groups is 1. The van der Waals surface area contributed by atoms with Gasteiger partial charge in [0.2, 0.25) is 5.91 Å². The van der Waals surface area contributed by atoms with Gasteiger partial charge in [0.05, 0.1) is 35.4 Å². The Labute approximate surface area is 142 Å². The fourth-order valence-corrected chi connectivity index (χ4v) is 2.98. The number of aryl methyl sites for hydroxylation is 1. The van der Waals surface area contributed by atoms with Gasteiger partial charge >= 0.3 is 0 Å². The molecule has 1 aliphatic rings. The standard InChI is InChI=1S/C18H24N4O2/c1-13-18(14(2)22(21-13)15-7-4-3-5-8-15)20-17(23)12-19-11-16-9-6-10-24-16/h3-5,7-8,16,19H,6,9-12H2,1-2H3,(H,20,23). The second kappa shape index (κ2) is 7.59. The van der Waals surface area contributed by atoms with Crippen molar-refractivity contribution in [2.24, 2.45) is 0 Å². The van der Waals surface area contributed by atoms with Gasteiger partial charge in [-0.1, -0.05) is 18.2 Å². The number of hydrogen-bond donors (Lipinski definition) is 2. The molecular formula is C18H24N4O2. The molecule has 2 N–H and O–H groups in total. The third kappa shape index (κ3) is 3.83. The Hall–Kier alpha value is -2.18. The van der Waals surface area contributed by atoms with Crippen LogP contribution in [0.2, 0.25) is 0 Å². The molecule has 6 nitrogen and oxygen atoms in total. The van der Waals surface area contributed by atoms with Crippen molar-refractivity contribution < 1.29 is 9.53 Å². The summed E-state index contributed by atoms with van der Waals surface area (Å²) in [6, 6.07) is 9.90. The molecule has 3 rings (SSSR count). The zero-order chi connectivity index (χ0) is 16.9. The van der Waals surface area contributed by atoms with Crippen LogP contribution in [-0.4, -0.2) is 41.5 Å². The molecule has 1 aromatic heterocycles. The van der Waals surface area contributed by atoms with Gasteiger partial charge in [0, 0.05) is 13.2 Å². The molecule has 6 heteroatoms. The molecule has 1 fully saturated rings. The first-order valence-corrected chi connectivity index (χ1v) is 8.39. The molecule has 0 spiro atoms. The molecule has 1 saturated heterocycles. The normalized spacial score (nSPS) is 17.2. The highest BCUT2D eigenvalue weighted by Gasteiger charge is 2.17. The summed E-state index contributed by atoms with van der Waals surface area (Å²) in [5.41, 5.74) is 3.49.